The molecule has 5 heteroatoms. The predicted octanol–water partition coefficient (Wildman–Crippen LogP) is 1.35. The Balaban J connectivity index is 1.87. The molecule has 2 rings (SSSR count). The summed E-state index contributed by atoms with van der Waals surface area (Å²) in [4.78, 5) is 0.342. The van der Waals surface area contributed by atoms with E-state index in [1.807, 2.05) is 0 Å². The first-order valence-corrected chi connectivity index (χ1v) is 7.86. The fourth-order valence-electron chi connectivity index (χ4n) is 1.65. The summed E-state index contributed by atoms with van der Waals surface area (Å²) in [6.07, 6.45) is 2.43. The van der Waals surface area contributed by atoms with Gasteiger partial charge in [-0.3, -0.25) is 0 Å². The highest BCUT2D eigenvalue weighted by molar-refractivity contribution is 7.91. The van der Waals surface area contributed by atoms with E-state index in [-0.39, 0.29) is 12.4 Å². The third-order valence-electron chi connectivity index (χ3n) is 3.07. The Hall–Kier alpha value is -0.910. The second-order valence-electron chi connectivity index (χ2n) is 4.69. The second kappa shape index (κ2) is 5.82. The van der Waals surface area contributed by atoms with E-state index in [1.165, 1.54) is 12.8 Å². The Morgan fingerprint density at radius 2 is 1.89 bits per heavy atom. The lowest BCUT2D eigenvalue weighted by Crippen LogP contribution is -2.13. The highest BCUT2D eigenvalue weighted by Gasteiger charge is 2.21. The summed E-state index contributed by atoms with van der Waals surface area (Å²) >= 11 is 0. The molecule has 1 aliphatic carbocycles. The van der Waals surface area contributed by atoms with Crippen LogP contribution in [0, 0.1) is 5.92 Å². The number of rotatable bonds is 7. The third-order valence-corrected chi connectivity index (χ3v) is 4.76. The van der Waals surface area contributed by atoms with Crippen LogP contribution in [0.2, 0.25) is 0 Å². The molecule has 0 unspecified atom stereocenters. The van der Waals surface area contributed by atoms with Crippen molar-refractivity contribution in [1.82, 2.24) is 0 Å². The van der Waals surface area contributed by atoms with Gasteiger partial charge in [0.25, 0.3) is 0 Å². The van der Waals surface area contributed by atoms with E-state index < -0.39 is 9.84 Å². The fourth-order valence-corrected chi connectivity index (χ4v) is 2.78. The first kappa shape index (κ1) is 13.5. The van der Waals surface area contributed by atoms with Crippen LogP contribution in [-0.4, -0.2) is 27.4 Å². The van der Waals surface area contributed by atoms with Gasteiger partial charge in [-0.15, -0.1) is 0 Å². The molecular weight excluding hydrogens is 250 g/mol. The van der Waals surface area contributed by atoms with Crippen LogP contribution in [0.5, 0.6) is 0 Å². The van der Waals surface area contributed by atoms with Gasteiger partial charge in [0.05, 0.1) is 17.3 Å². The van der Waals surface area contributed by atoms with Crippen LogP contribution < -0.4 is 5.73 Å². The van der Waals surface area contributed by atoms with E-state index in [1.54, 1.807) is 24.3 Å². The highest BCUT2D eigenvalue weighted by atomic mass is 32.2. The van der Waals surface area contributed by atoms with E-state index in [0.717, 1.165) is 5.56 Å². The minimum Gasteiger partial charge on any atom is -0.380 e. The fraction of sp³-hybridized carbons (Fsp3) is 0.538. The zero-order valence-electron chi connectivity index (χ0n) is 10.3. The summed E-state index contributed by atoms with van der Waals surface area (Å²) in [5.41, 5.74) is 6.40. The van der Waals surface area contributed by atoms with Gasteiger partial charge >= 0.3 is 0 Å². The molecule has 18 heavy (non-hydrogen) atoms. The Bertz CT molecular complexity index is 477. The highest BCUT2D eigenvalue weighted by Crippen LogP contribution is 2.28. The Kier molecular flexibility index (Phi) is 4.37. The van der Waals surface area contributed by atoms with Gasteiger partial charge in [-0.25, -0.2) is 8.42 Å². The summed E-state index contributed by atoms with van der Waals surface area (Å²) in [5.74, 6) is 0.707. The molecule has 1 aromatic carbocycles. The molecule has 4 nitrogen and oxygen atoms in total. The standard InChI is InChI=1S/C13H19NO3S/c14-9-11-3-5-13(6-4-11)18(15,16)8-7-17-10-12-1-2-12/h3-6,12H,1-2,7-10,14H2. The molecule has 0 bridgehead atoms. The van der Waals surface area contributed by atoms with E-state index >= 15 is 0 Å². The average Bonchev–Trinajstić information content (AvgIpc) is 3.19. The molecule has 0 spiro atoms. The lowest BCUT2D eigenvalue weighted by molar-refractivity contribution is 0.138. The minimum atomic E-state index is -3.23. The van der Waals surface area contributed by atoms with Gasteiger partial charge in [0.2, 0.25) is 0 Å². The number of ether oxygens (including phenoxy) is 1. The maximum absolute atomic E-state index is 12.0. The number of nitrogens with two attached hydrogens (primary N) is 1. The molecule has 0 atom stereocenters. The lowest BCUT2D eigenvalue weighted by atomic mass is 10.2. The molecule has 0 radical (unpaired) electrons. The topological polar surface area (TPSA) is 69.4 Å². The first-order chi connectivity index (χ1) is 8.62. The van der Waals surface area contributed by atoms with Crippen molar-refractivity contribution in [2.24, 2.45) is 11.7 Å². The Labute approximate surface area is 108 Å². The summed E-state index contributed by atoms with van der Waals surface area (Å²) in [6.45, 7) is 1.39. The maximum atomic E-state index is 12.0. The van der Waals surface area contributed by atoms with Crippen LogP contribution in [0.1, 0.15) is 18.4 Å². The molecule has 1 fully saturated rings. The predicted molar refractivity (Wildman–Crippen MR) is 69.9 cm³/mol. The third kappa shape index (κ3) is 3.80. The molecule has 0 aliphatic heterocycles. The summed E-state index contributed by atoms with van der Waals surface area (Å²) in [7, 11) is -3.23. The van der Waals surface area contributed by atoms with Gasteiger partial charge < -0.3 is 10.5 Å². The minimum absolute atomic E-state index is 0.0433. The van der Waals surface area contributed by atoms with Gasteiger partial charge in [-0.05, 0) is 36.5 Å². The van der Waals surface area contributed by atoms with Crippen LogP contribution in [0.15, 0.2) is 29.2 Å². The summed E-state index contributed by atoms with van der Waals surface area (Å²) in [6, 6.07) is 6.71. The van der Waals surface area contributed by atoms with Gasteiger partial charge in [0.15, 0.2) is 9.84 Å². The van der Waals surface area contributed by atoms with Gasteiger partial charge in [-0.1, -0.05) is 12.1 Å². The summed E-state index contributed by atoms with van der Waals surface area (Å²) in [5, 5.41) is 0. The zero-order valence-corrected chi connectivity index (χ0v) is 11.2. The van der Waals surface area contributed by atoms with Crippen molar-refractivity contribution in [3.05, 3.63) is 29.8 Å². The quantitative estimate of drug-likeness (QED) is 0.759. The molecule has 1 saturated carbocycles. The van der Waals surface area contributed by atoms with Crippen molar-refractivity contribution in [3.63, 3.8) is 0 Å². The SMILES string of the molecule is NCc1ccc(S(=O)(=O)CCOCC2CC2)cc1. The molecule has 2 N–H and O–H groups in total. The molecule has 0 heterocycles. The molecule has 100 valence electrons. The Morgan fingerprint density at radius 1 is 1.22 bits per heavy atom. The molecule has 0 saturated heterocycles. The lowest BCUT2D eigenvalue weighted by Gasteiger charge is -2.06. The van der Waals surface area contributed by atoms with Crippen LogP contribution in [0.3, 0.4) is 0 Å². The molecule has 1 aliphatic rings. The van der Waals surface area contributed by atoms with Crippen molar-refractivity contribution < 1.29 is 13.2 Å². The number of sulfone groups is 1. The number of hydrogen-bond acceptors (Lipinski definition) is 4. The molecule has 0 aromatic heterocycles. The van der Waals surface area contributed by atoms with Crippen LogP contribution in [-0.2, 0) is 21.1 Å². The number of hydrogen-bond donors (Lipinski definition) is 1. The zero-order chi connectivity index (χ0) is 13.0. The van der Waals surface area contributed by atoms with Crippen molar-refractivity contribution in [1.29, 1.82) is 0 Å². The maximum Gasteiger partial charge on any atom is 0.180 e. The average molecular weight is 269 g/mol. The van der Waals surface area contributed by atoms with E-state index in [4.69, 9.17) is 10.5 Å². The summed E-state index contributed by atoms with van der Waals surface area (Å²) < 4.78 is 29.3. The molecule has 0 amide bonds. The van der Waals surface area contributed by atoms with Crippen LogP contribution >= 0.6 is 0 Å². The smallest absolute Gasteiger partial charge is 0.180 e. The molecular formula is C13H19NO3S. The van der Waals surface area contributed by atoms with Gasteiger partial charge in [0.1, 0.15) is 0 Å². The largest absolute Gasteiger partial charge is 0.380 e. The van der Waals surface area contributed by atoms with Crippen molar-refractivity contribution >= 4 is 9.84 Å². The van der Waals surface area contributed by atoms with E-state index in [0.29, 0.717) is 24.0 Å². The Morgan fingerprint density at radius 3 is 2.44 bits per heavy atom. The van der Waals surface area contributed by atoms with Gasteiger partial charge in [-0.2, -0.15) is 0 Å². The number of benzene rings is 1. The van der Waals surface area contributed by atoms with E-state index in [2.05, 4.69) is 0 Å². The normalized spacial score (nSPS) is 15.8. The monoisotopic (exact) mass is 269 g/mol. The van der Waals surface area contributed by atoms with Gasteiger partial charge in [0, 0.05) is 13.2 Å². The molecule has 1 aromatic rings. The van der Waals surface area contributed by atoms with Crippen LogP contribution in [0.25, 0.3) is 0 Å². The van der Waals surface area contributed by atoms with Crippen molar-refractivity contribution in [3.8, 4) is 0 Å². The first-order valence-electron chi connectivity index (χ1n) is 6.21. The van der Waals surface area contributed by atoms with Crippen molar-refractivity contribution in [2.45, 2.75) is 24.3 Å². The van der Waals surface area contributed by atoms with E-state index in [9.17, 15) is 8.42 Å². The second-order valence-corrected chi connectivity index (χ2v) is 6.79. The van der Waals surface area contributed by atoms with Crippen molar-refractivity contribution in [2.75, 3.05) is 19.0 Å². The van der Waals surface area contributed by atoms with Crippen LogP contribution in [0.4, 0.5) is 0 Å².